The zero-order valence-corrected chi connectivity index (χ0v) is 15.2. The summed E-state index contributed by atoms with van der Waals surface area (Å²) in [6, 6.07) is 8.76. The number of nitrogens with one attached hydrogen (secondary N) is 1. The van der Waals surface area contributed by atoms with Crippen LogP contribution in [-0.4, -0.2) is 31.0 Å². The van der Waals surface area contributed by atoms with E-state index in [9.17, 15) is 13.6 Å². The van der Waals surface area contributed by atoms with E-state index in [4.69, 9.17) is 0 Å². The van der Waals surface area contributed by atoms with Gasteiger partial charge in [-0.05, 0) is 29.8 Å². The van der Waals surface area contributed by atoms with Crippen LogP contribution < -0.4 is 5.32 Å². The molecule has 1 N–H and O–H groups in total. The van der Waals surface area contributed by atoms with Crippen molar-refractivity contribution in [1.82, 2.24) is 19.3 Å². The number of carbonyl (C=O) groups excluding carboxylic acids is 1. The van der Waals surface area contributed by atoms with Crippen LogP contribution in [0.5, 0.6) is 0 Å². The minimum atomic E-state index is -2.61. The Kier molecular flexibility index (Phi) is 5.55. The lowest BCUT2D eigenvalue weighted by atomic mass is 10.2. The Bertz CT molecular complexity index is 906. The van der Waals surface area contributed by atoms with Crippen LogP contribution in [0.25, 0.3) is 11.0 Å². The van der Waals surface area contributed by atoms with Crippen LogP contribution >= 0.6 is 11.8 Å². The highest BCUT2D eigenvalue weighted by atomic mass is 32.2. The molecule has 0 unspecified atom stereocenters. The molecular formula is C17H19F2N5OS. The van der Waals surface area contributed by atoms with E-state index in [-0.39, 0.29) is 17.6 Å². The highest BCUT2D eigenvalue weighted by Crippen LogP contribution is 2.28. The molecular weight excluding hydrogens is 360 g/mol. The smallest absolute Gasteiger partial charge is 0.291 e. The van der Waals surface area contributed by atoms with Gasteiger partial charge in [0.15, 0.2) is 5.16 Å². The van der Waals surface area contributed by atoms with Gasteiger partial charge in [-0.3, -0.25) is 4.79 Å². The van der Waals surface area contributed by atoms with Gasteiger partial charge in [0.25, 0.3) is 5.76 Å². The molecule has 138 valence electrons. The van der Waals surface area contributed by atoms with Crippen LogP contribution in [0.2, 0.25) is 0 Å². The molecule has 0 atom stereocenters. The monoisotopic (exact) mass is 379 g/mol. The zero-order chi connectivity index (χ0) is 18.7. The number of alkyl halides is 2. The van der Waals surface area contributed by atoms with Crippen molar-refractivity contribution >= 4 is 34.5 Å². The molecule has 0 bridgehead atoms. The first-order chi connectivity index (χ1) is 12.4. The fourth-order valence-electron chi connectivity index (χ4n) is 2.63. The normalized spacial score (nSPS) is 11.6. The molecule has 26 heavy (non-hydrogen) atoms. The fraction of sp³-hybridized carbons (Fsp3) is 0.353. The Morgan fingerprint density at radius 1 is 1.27 bits per heavy atom. The number of nitrogens with zero attached hydrogens (tertiary/aromatic N) is 4. The summed E-state index contributed by atoms with van der Waals surface area (Å²) in [5, 5.41) is 7.11. The van der Waals surface area contributed by atoms with E-state index in [1.165, 1.54) is 4.57 Å². The average Bonchev–Trinajstić information content (AvgIpc) is 3.12. The van der Waals surface area contributed by atoms with Gasteiger partial charge in [0.05, 0.1) is 17.2 Å². The quantitative estimate of drug-likeness (QED) is 0.634. The van der Waals surface area contributed by atoms with Crippen molar-refractivity contribution in [2.75, 3.05) is 5.32 Å². The van der Waals surface area contributed by atoms with E-state index >= 15 is 0 Å². The highest BCUT2D eigenvalue weighted by Gasteiger charge is 2.18. The molecule has 1 amide bonds. The summed E-state index contributed by atoms with van der Waals surface area (Å²) >= 11 is 0.333. The minimum Gasteiger partial charge on any atom is -0.309 e. The van der Waals surface area contributed by atoms with E-state index in [0.717, 1.165) is 0 Å². The number of fused-ring (bicyclic) bond motifs is 1. The molecule has 2 aromatic heterocycles. The Hall–Kier alpha value is -2.42. The summed E-state index contributed by atoms with van der Waals surface area (Å²) in [5.41, 5.74) is 1.22. The molecule has 0 aliphatic rings. The van der Waals surface area contributed by atoms with Crippen molar-refractivity contribution in [2.24, 2.45) is 5.92 Å². The van der Waals surface area contributed by atoms with Crippen molar-refractivity contribution in [3.63, 3.8) is 0 Å². The zero-order valence-electron chi connectivity index (χ0n) is 14.4. The Labute approximate surface area is 153 Å². The third-order valence-corrected chi connectivity index (χ3v) is 4.34. The molecule has 0 fully saturated rings. The third-order valence-electron chi connectivity index (χ3n) is 3.64. The van der Waals surface area contributed by atoms with Gasteiger partial charge in [-0.2, -0.15) is 13.9 Å². The lowest BCUT2D eigenvalue weighted by molar-refractivity contribution is -0.116. The van der Waals surface area contributed by atoms with Gasteiger partial charge in [-0.15, -0.1) is 0 Å². The highest BCUT2D eigenvalue weighted by molar-refractivity contribution is 7.99. The predicted octanol–water partition coefficient (Wildman–Crippen LogP) is 3.84. The van der Waals surface area contributed by atoms with Crippen LogP contribution in [0.1, 0.15) is 13.8 Å². The molecule has 1 aromatic carbocycles. The second-order valence-electron chi connectivity index (χ2n) is 6.19. The van der Waals surface area contributed by atoms with Crippen molar-refractivity contribution < 1.29 is 13.6 Å². The molecule has 0 aliphatic carbocycles. The Morgan fingerprint density at radius 3 is 2.77 bits per heavy atom. The number of hydrogen-bond acceptors (Lipinski definition) is 4. The van der Waals surface area contributed by atoms with Gasteiger partial charge in [0.2, 0.25) is 5.91 Å². The molecule has 3 aromatic rings. The number of thioether (sulfide) groups is 1. The molecule has 0 radical (unpaired) electrons. The molecule has 6 nitrogen and oxygen atoms in total. The van der Waals surface area contributed by atoms with E-state index < -0.39 is 5.76 Å². The van der Waals surface area contributed by atoms with Crippen LogP contribution in [0.4, 0.5) is 14.6 Å². The van der Waals surface area contributed by atoms with Crippen LogP contribution in [0.3, 0.4) is 0 Å². The fourth-order valence-corrected chi connectivity index (χ4v) is 3.23. The maximum atomic E-state index is 12.8. The summed E-state index contributed by atoms with van der Waals surface area (Å²) in [6.45, 7) is 4.67. The number of anilines is 1. The van der Waals surface area contributed by atoms with Crippen LogP contribution in [0, 0.1) is 5.92 Å². The molecule has 9 heteroatoms. The first-order valence-electron chi connectivity index (χ1n) is 8.15. The first-order valence-corrected chi connectivity index (χ1v) is 9.03. The lowest BCUT2D eigenvalue weighted by Crippen LogP contribution is -2.22. The number of benzene rings is 1. The second kappa shape index (κ2) is 7.86. The molecule has 0 aliphatic heterocycles. The summed E-state index contributed by atoms with van der Waals surface area (Å²) in [4.78, 5) is 16.7. The van der Waals surface area contributed by atoms with Crippen molar-refractivity contribution in [3.05, 3.63) is 36.5 Å². The van der Waals surface area contributed by atoms with E-state index in [1.807, 2.05) is 0 Å². The van der Waals surface area contributed by atoms with Gasteiger partial charge in [-0.25, -0.2) is 9.67 Å². The lowest BCUT2D eigenvalue weighted by Gasteiger charge is -2.12. The minimum absolute atomic E-state index is 0.109. The standard InChI is InChI=1S/C17H19F2N5OS/c1-11(2)9-24-14(7-8-20-24)22-15(25)10-23-13-6-4-3-5-12(13)21-17(23)26-16(18)19/h3-8,11,16H,9-10H2,1-2H3,(H,22,25). The van der Waals surface area contributed by atoms with E-state index in [0.29, 0.717) is 41.1 Å². The Morgan fingerprint density at radius 2 is 2.04 bits per heavy atom. The third kappa shape index (κ3) is 4.21. The number of amides is 1. The largest absolute Gasteiger partial charge is 0.309 e. The number of hydrogen-bond donors (Lipinski definition) is 1. The molecule has 0 saturated heterocycles. The van der Waals surface area contributed by atoms with Crippen molar-refractivity contribution in [1.29, 1.82) is 0 Å². The van der Waals surface area contributed by atoms with Gasteiger partial charge >= 0.3 is 0 Å². The van der Waals surface area contributed by atoms with E-state index in [2.05, 4.69) is 29.2 Å². The molecule has 0 spiro atoms. The van der Waals surface area contributed by atoms with Crippen LogP contribution in [0.15, 0.2) is 41.7 Å². The summed E-state index contributed by atoms with van der Waals surface area (Å²) in [5.74, 6) is -1.98. The number of carbonyl (C=O) groups is 1. The van der Waals surface area contributed by atoms with Gasteiger partial charge < -0.3 is 9.88 Å². The number of rotatable bonds is 7. The molecule has 3 rings (SSSR count). The number of aromatic nitrogens is 4. The van der Waals surface area contributed by atoms with Gasteiger partial charge in [0, 0.05) is 12.6 Å². The maximum Gasteiger partial charge on any atom is 0.291 e. The molecule has 0 saturated carbocycles. The SMILES string of the molecule is CC(C)Cn1nccc1NC(=O)Cn1c(SC(F)F)nc2ccccc21. The predicted molar refractivity (Wildman–Crippen MR) is 97.3 cm³/mol. The van der Waals surface area contributed by atoms with Gasteiger partial charge in [0.1, 0.15) is 12.4 Å². The number of halogens is 2. The summed E-state index contributed by atoms with van der Waals surface area (Å²) in [7, 11) is 0. The topological polar surface area (TPSA) is 64.7 Å². The summed E-state index contributed by atoms with van der Waals surface area (Å²) < 4.78 is 28.9. The van der Waals surface area contributed by atoms with Crippen molar-refractivity contribution in [3.8, 4) is 0 Å². The second-order valence-corrected chi connectivity index (χ2v) is 7.15. The van der Waals surface area contributed by atoms with E-state index in [1.54, 1.807) is 41.2 Å². The first kappa shape index (κ1) is 18.4. The van der Waals surface area contributed by atoms with Gasteiger partial charge in [-0.1, -0.05) is 26.0 Å². The number of imidazole rings is 1. The summed E-state index contributed by atoms with van der Waals surface area (Å²) in [6.07, 6.45) is 1.61. The van der Waals surface area contributed by atoms with Crippen LogP contribution in [-0.2, 0) is 17.9 Å². The van der Waals surface area contributed by atoms with Crippen molar-refractivity contribution in [2.45, 2.75) is 37.9 Å². The Balaban J connectivity index is 1.82. The average molecular weight is 379 g/mol. The molecule has 2 heterocycles. The number of para-hydroxylation sites is 2. The maximum absolute atomic E-state index is 12.8.